The van der Waals surface area contributed by atoms with Crippen LogP contribution in [0.5, 0.6) is 0 Å². The van der Waals surface area contributed by atoms with Gasteiger partial charge in [0.15, 0.2) is 11.6 Å². The van der Waals surface area contributed by atoms with Crippen molar-refractivity contribution in [2.45, 2.75) is 70.5 Å². The summed E-state index contributed by atoms with van der Waals surface area (Å²) >= 11 is 0. The standard InChI is InChI=1S/C21H30O5/c1-19-7-5-13(23)9-12(19)3-4-14-15-6-8-21(26,17(25)11-22)20(15,2)10-16(24)18(14)19/h9,14-16,18,22,24,26H,3-8,10-11H2,1-2H3/t14-,15-,16+,18+,19+,20-,21-/m1/s1. The van der Waals surface area contributed by atoms with Crippen molar-refractivity contribution in [2.24, 2.45) is 28.6 Å². The van der Waals surface area contributed by atoms with E-state index in [0.29, 0.717) is 19.3 Å². The third-order valence-corrected chi connectivity index (χ3v) is 8.65. The molecule has 5 heteroatoms. The van der Waals surface area contributed by atoms with Crippen LogP contribution in [0, 0.1) is 28.6 Å². The van der Waals surface area contributed by atoms with Gasteiger partial charge in [-0.05, 0) is 67.8 Å². The molecular formula is C21H30O5. The highest BCUT2D eigenvalue weighted by Crippen LogP contribution is 2.67. The Labute approximate surface area is 154 Å². The molecule has 0 aliphatic heterocycles. The number of allylic oxidation sites excluding steroid dienone is 1. The maximum atomic E-state index is 12.4. The van der Waals surface area contributed by atoms with Crippen LogP contribution >= 0.6 is 0 Å². The Balaban J connectivity index is 1.74. The molecule has 7 atom stereocenters. The fourth-order valence-corrected chi connectivity index (χ4v) is 7.28. The summed E-state index contributed by atoms with van der Waals surface area (Å²) in [5.41, 5.74) is -1.23. The second kappa shape index (κ2) is 5.73. The molecule has 0 amide bonds. The maximum absolute atomic E-state index is 12.4. The lowest BCUT2D eigenvalue weighted by Gasteiger charge is -2.60. The number of hydrogen-bond donors (Lipinski definition) is 3. The Hall–Kier alpha value is -1.04. The lowest BCUT2D eigenvalue weighted by molar-refractivity contribution is -0.182. The van der Waals surface area contributed by atoms with Crippen molar-refractivity contribution in [3.63, 3.8) is 0 Å². The molecular weight excluding hydrogens is 332 g/mol. The van der Waals surface area contributed by atoms with E-state index in [9.17, 15) is 24.9 Å². The van der Waals surface area contributed by atoms with E-state index in [-0.39, 0.29) is 29.0 Å². The number of aliphatic hydroxyl groups excluding tert-OH is 2. The molecule has 4 aliphatic rings. The zero-order valence-corrected chi connectivity index (χ0v) is 15.7. The summed E-state index contributed by atoms with van der Waals surface area (Å²) in [5.74, 6) is 0.140. The molecule has 0 aromatic carbocycles. The molecule has 3 saturated carbocycles. The fraction of sp³-hybridized carbons (Fsp3) is 0.810. The molecule has 0 aromatic heterocycles. The SMILES string of the molecule is C[C@]12CCC(=O)C=C1CC[C@H]1[C@H]2[C@@H](O)C[C@]2(C)[C@@H]1CC[C@@]2(O)C(=O)CO. The van der Waals surface area contributed by atoms with E-state index in [1.165, 1.54) is 5.57 Å². The quantitative estimate of drug-likeness (QED) is 0.696. The molecule has 26 heavy (non-hydrogen) atoms. The van der Waals surface area contributed by atoms with Crippen LogP contribution in [0.1, 0.15) is 58.8 Å². The van der Waals surface area contributed by atoms with Gasteiger partial charge in [-0.3, -0.25) is 9.59 Å². The zero-order chi connectivity index (χ0) is 18.9. The van der Waals surface area contributed by atoms with Crippen LogP contribution in [0.15, 0.2) is 11.6 Å². The van der Waals surface area contributed by atoms with Crippen LogP contribution in [-0.4, -0.2) is 45.2 Å². The minimum atomic E-state index is -1.54. The molecule has 144 valence electrons. The predicted molar refractivity (Wildman–Crippen MR) is 95.1 cm³/mol. The first kappa shape index (κ1) is 18.3. The van der Waals surface area contributed by atoms with Gasteiger partial charge in [0.2, 0.25) is 0 Å². The van der Waals surface area contributed by atoms with E-state index in [1.54, 1.807) is 6.08 Å². The zero-order valence-electron chi connectivity index (χ0n) is 15.7. The van der Waals surface area contributed by atoms with Gasteiger partial charge in [0.25, 0.3) is 0 Å². The molecule has 0 bridgehead atoms. The molecule has 4 rings (SSSR count). The number of carbonyl (C=O) groups excluding carboxylic acids is 2. The number of carbonyl (C=O) groups is 2. The Morgan fingerprint density at radius 1 is 1.23 bits per heavy atom. The van der Waals surface area contributed by atoms with Crippen molar-refractivity contribution >= 4 is 11.6 Å². The molecule has 0 saturated heterocycles. The van der Waals surface area contributed by atoms with E-state index >= 15 is 0 Å². The molecule has 0 spiro atoms. The third kappa shape index (κ3) is 2.14. The number of rotatable bonds is 2. The summed E-state index contributed by atoms with van der Waals surface area (Å²) in [6.45, 7) is 3.46. The summed E-state index contributed by atoms with van der Waals surface area (Å²) in [7, 11) is 0. The first-order valence-corrected chi connectivity index (χ1v) is 9.96. The molecule has 0 heterocycles. The monoisotopic (exact) mass is 362 g/mol. The van der Waals surface area contributed by atoms with E-state index < -0.39 is 29.5 Å². The van der Waals surface area contributed by atoms with Crippen LogP contribution < -0.4 is 0 Å². The normalized spacial score (nSPS) is 50.5. The minimum Gasteiger partial charge on any atom is -0.393 e. The number of aliphatic hydroxyl groups is 3. The van der Waals surface area contributed by atoms with Crippen molar-refractivity contribution in [1.29, 1.82) is 0 Å². The van der Waals surface area contributed by atoms with Crippen molar-refractivity contribution < 1.29 is 24.9 Å². The van der Waals surface area contributed by atoms with Gasteiger partial charge >= 0.3 is 0 Å². The highest BCUT2D eigenvalue weighted by Gasteiger charge is 2.68. The average molecular weight is 362 g/mol. The lowest BCUT2D eigenvalue weighted by atomic mass is 9.45. The topological polar surface area (TPSA) is 94.8 Å². The minimum absolute atomic E-state index is 0.0697. The molecule has 3 N–H and O–H groups in total. The summed E-state index contributed by atoms with van der Waals surface area (Å²) in [6.07, 6.45) is 5.74. The lowest BCUT2D eigenvalue weighted by Crippen LogP contribution is -2.62. The highest BCUT2D eigenvalue weighted by atomic mass is 16.3. The summed E-state index contributed by atoms with van der Waals surface area (Å²) in [6, 6.07) is 0. The average Bonchev–Trinajstić information content (AvgIpc) is 2.86. The van der Waals surface area contributed by atoms with Gasteiger partial charge in [-0.15, -0.1) is 0 Å². The number of fused-ring (bicyclic) bond motifs is 5. The third-order valence-electron chi connectivity index (χ3n) is 8.65. The molecule has 3 fully saturated rings. The first-order valence-electron chi connectivity index (χ1n) is 9.96. The Bertz CT molecular complexity index is 684. The van der Waals surface area contributed by atoms with Crippen molar-refractivity contribution in [1.82, 2.24) is 0 Å². The van der Waals surface area contributed by atoms with Crippen molar-refractivity contribution in [3.05, 3.63) is 11.6 Å². The Kier molecular flexibility index (Phi) is 4.04. The second-order valence-corrected chi connectivity index (χ2v) is 9.56. The van der Waals surface area contributed by atoms with E-state index in [2.05, 4.69) is 6.92 Å². The first-order chi connectivity index (χ1) is 12.2. The highest BCUT2D eigenvalue weighted by molar-refractivity contribution is 5.91. The molecule has 4 aliphatic carbocycles. The van der Waals surface area contributed by atoms with Gasteiger partial charge in [0.05, 0.1) is 6.10 Å². The Morgan fingerprint density at radius 3 is 2.65 bits per heavy atom. The maximum Gasteiger partial charge on any atom is 0.190 e. The molecule has 0 radical (unpaired) electrons. The van der Waals surface area contributed by atoms with Gasteiger partial charge in [0, 0.05) is 11.8 Å². The second-order valence-electron chi connectivity index (χ2n) is 9.56. The van der Waals surface area contributed by atoms with Gasteiger partial charge < -0.3 is 15.3 Å². The van der Waals surface area contributed by atoms with Crippen LogP contribution in [0.3, 0.4) is 0 Å². The van der Waals surface area contributed by atoms with Crippen LogP contribution in [-0.2, 0) is 9.59 Å². The number of ketones is 2. The van der Waals surface area contributed by atoms with Crippen molar-refractivity contribution in [2.75, 3.05) is 6.61 Å². The Morgan fingerprint density at radius 2 is 1.96 bits per heavy atom. The molecule has 0 unspecified atom stereocenters. The van der Waals surface area contributed by atoms with Gasteiger partial charge in [-0.25, -0.2) is 0 Å². The van der Waals surface area contributed by atoms with E-state index in [4.69, 9.17) is 0 Å². The van der Waals surface area contributed by atoms with E-state index in [1.807, 2.05) is 6.92 Å². The summed E-state index contributed by atoms with van der Waals surface area (Å²) < 4.78 is 0. The van der Waals surface area contributed by atoms with Crippen molar-refractivity contribution in [3.8, 4) is 0 Å². The summed E-state index contributed by atoms with van der Waals surface area (Å²) in [4.78, 5) is 24.3. The largest absolute Gasteiger partial charge is 0.393 e. The van der Waals surface area contributed by atoms with E-state index in [0.717, 1.165) is 25.7 Å². The molecule has 5 nitrogen and oxygen atoms in total. The molecule has 0 aromatic rings. The van der Waals surface area contributed by atoms with Crippen LogP contribution in [0.2, 0.25) is 0 Å². The van der Waals surface area contributed by atoms with Gasteiger partial charge in [-0.1, -0.05) is 19.4 Å². The summed E-state index contributed by atoms with van der Waals surface area (Å²) in [5, 5.41) is 31.7. The smallest absolute Gasteiger partial charge is 0.190 e. The van der Waals surface area contributed by atoms with Gasteiger partial charge in [0.1, 0.15) is 12.2 Å². The van der Waals surface area contributed by atoms with Crippen LogP contribution in [0.4, 0.5) is 0 Å². The number of hydrogen-bond acceptors (Lipinski definition) is 5. The number of Topliss-reactive ketones (excluding diaryl/α,β-unsaturated/α-hetero) is 1. The predicted octanol–water partition coefficient (Wildman–Crippen LogP) is 1.78. The van der Waals surface area contributed by atoms with Gasteiger partial charge in [-0.2, -0.15) is 0 Å². The fourth-order valence-electron chi connectivity index (χ4n) is 7.28. The van der Waals surface area contributed by atoms with Crippen LogP contribution in [0.25, 0.3) is 0 Å².